The van der Waals surface area contributed by atoms with Gasteiger partial charge < -0.3 is 5.73 Å². The van der Waals surface area contributed by atoms with Crippen molar-refractivity contribution in [2.75, 3.05) is 0 Å². The van der Waals surface area contributed by atoms with Crippen LogP contribution in [0.4, 0.5) is 0 Å². The molecule has 114 valence electrons. The van der Waals surface area contributed by atoms with Crippen LogP contribution < -0.4 is 5.73 Å². The average Bonchev–Trinajstić information content (AvgIpc) is 2.92. The Morgan fingerprint density at radius 3 is 2.24 bits per heavy atom. The quantitative estimate of drug-likeness (QED) is 0.859. The second-order valence-electron chi connectivity index (χ2n) is 6.06. The molecule has 2 N–H and O–H groups in total. The number of nitrogens with zero attached hydrogens (tertiary/aromatic N) is 1. The molecule has 2 rings (SSSR count). The Morgan fingerprint density at radius 1 is 1.10 bits per heavy atom. The van der Waals surface area contributed by atoms with Gasteiger partial charge in [0.05, 0.1) is 6.04 Å². The summed E-state index contributed by atoms with van der Waals surface area (Å²) in [6.07, 6.45) is 0. The lowest BCUT2D eigenvalue weighted by Gasteiger charge is -2.37. The molecule has 0 aliphatic carbocycles. The fourth-order valence-corrected chi connectivity index (χ4v) is 3.46. The first kappa shape index (κ1) is 16.2. The van der Waals surface area contributed by atoms with Gasteiger partial charge in [-0.3, -0.25) is 4.90 Å². The topological polar surface area (TPSA) is 29.3 Å². The van der Waals surface area contributed by atoms with Crippen LogP contribution in [0.5, 0.6) is 0 Å². The summed E-state index contributed by atoms with van der Waals surface area (Å²) >= 11 is 1.81. The monoisotopic (exact) mass is 302 g/mol. The Balaban J connectivity index is 2.30. The first-order chi connectivity index (χ1) is 9.99. The van der Waals surface area contributed by atoms with Gasteiger partial charge in [0.1, 0.15) is 0 Å². The molecule has 0 bridgehead atoms. The van der Waals surface area contributed by atoms with Crippen LogP contribution in [0.25, 0.3) is 0 Å². The van der Waals surface area contributed by atoms with E-state index < -0.39 is 0 Å². The molecular weight excluding hydrogens is 276 g/mol. The van der Waals surface area contributed by atoms with Crippen LogP contribution in [-0.4, -0.2) is 17.0 Å². The van der Waals surface area contributed by atoms with E-state index in [1.807, 2.05) is 11.3 Å². The van der Waals surface area contributed by atoms with Gasteiger partial charge in [0.2, 0.25) is 0 Å². The maximum Gasteiger partial charge on any atom is 0.0503 e. The van der Waals surface area contributed by atoms with E-state index in [0.717, 1.165) is 6.54 Å². The minimum atomic E-state index is 0.0927. The number of hydrogen-bond acceptors (Lipinski definition) is 3. The largest absolute Gasteiger partial charge is 0.326 e. The molecular formula is C18H26N2S. The second kappa shape index (κ2) is 7.21. The highest BCUT2D eigenvalue weighted by Crippen LogP contribution is 2.28. The van der Waals surface area contributed by atoms with Crippen molar-refractivity contribution in [3.05, 3.63) is 57.8 Å². The Kier molecular flexibility index (Phi) is 5.57. The fourth-order valence-electron chi connectivity index (χ4n) is 2.75. The summed E-state index contributed by atoms with van der Waals surface area (Å²) in [5.41, 5.74) is 8.93. The van der Waals surface area contributed by atoms with Crippen molar-refractivity contribution in [3.8, 4) is 0 Å². The molecule has 0 saturated carbocycles. The molecule has 2 unspecified atom stereocenters. The third-order valence-electron chi connectivity index (χ3n) is 3.86. The smallest absolute Gasteiger partial charge is 0.0503 e. The summed E-state index contributed by atoms with van der Waals surface area (Å²) in [6.45, 7) is 9.68. The van der Waals surface area contributed by atoms with E-state index in [2.05, 4.69) is 74.4 Å². The minimum absolute atomic E-state index is 0.0927. The van der Waals surface area contributed by atoms with Gasteiger partial charge in [-0.2, -0.15) is 0 Å². The van der Waals surface area contributed by atoms with Crippen LogP contribution in [0, 0.1) is 6.92 Å². The number of nitrogens with two attached hydrogens (primary N) is 1. The van der Waals surface area contributed by atoms with Gasteiger partial charge in [0.15, 0.2) is 0 Å². The zero-order chi connectivity index (χ0) is 15.4. The lowest BCUT2D eigenvalue weighted by atomic mass is 9.97. The summed E-state index contributed by atoms with van der Waals surface area (Å²) in [7, 11) is 0. The van der Waals surface area contributed by atoms with Gasteiger partial charge in [0.25, 0.3) is 0 Å². The molecule has 0 radical (unpaired) electrons. The van der Waals surface area contributed by atoms with Crippen LogP contribution in [0.2, 0.25) is 0 Å². The van der Waals surface area contributed by atoms with E-state index in [1.54, 1.807) is 0 Å². The molecule has 0 aliphatic rings. The Labute approximate surface area is 132 Å². The summed E-state index contributed by atoms with van der Waals surface area (Å²) in [5, 5.41) is 2.14. The lowest BCUT2D eigenvalue weighted by Crippen LogP contribution is -2.42. The highest BCUT2D eigenvalue weighted by Gasteiger charge is 2.26. The van der Waals surface area contributed by atoms with E-state index in [1.165, 1.54) is 16.0 Å². The third kappa shape index (κ3) is 4.16. The molecule has 1 aromatic carbocycles. The Morgan fingerprint density at radius 2 is 1.76 bits per heavy atom. The van der Waals surface area contributed by atoms with Gasteiger partial charge >= 0.3 is 0 Å². The van der Waals surface area contributed by atoms with Crippen LogP contribution in [0.3, 0.4) is 0 Å². The van der Waals surface area contributed by atoms with Gasteiger partial charge in [-0.15, -0.1) is 11.3 Å². The van der Waals surface area contributed by atoms with Crippen molar-refractivity contribution in [1.29, 1.82) is 0 Å². The van der Waals surface area contributed by atoms with E-state index in [-0.39, 0.29) is 12.1 Å². The molecule has 0 fully saturated rings. The van der Waals surface area contributed by atoms with Crippen LogP contribution >= 0.6 is 11.3 Å². The summed E-state index contributed by atoms with van der Waals surface area (Å²) in [5.74, 6) is 0. The van der Waals surface area contributed by atoms with Crippen molar-refractivity contribution >= 4 is 11.3 Å². The van der Waals surface area contributed by atoms with Crippen LogP contribution in [0.15, 0.2) is 41.8 Å². The van der Waals surface area contributed by atoms with Crippen molar-refractivity contribution in [3.63, 3.8) is 0 Å². The number of hydrogen-bond donors (Lipinski definition) is 1. The number of aryl methyl sites for hydroxylation is 1. The number of thiophene rings is 1. The summed E-state index contributed by atoms with van der Waals surface area (Å²) in [4.78, 5) is 3.89. The maximum absolute atomic E-state index is 6.34. The van der Waals surface area contributed by atoms with E-state index in [9.17, 15) is 0 Å². The van der Waals surface area contributed by atoms with E-state index >= 15 is 0 Å². The molecule has 2 atom stereocenters. The van der Waals surface area contributed by atoms with Crippen LogP contribution in [-0.2, 0) is 6.54 Å². The number of rotatable bonds is 6. The molecule has 1 heterocycles. The maximum atomic E-state index is 6.34. The first-order valence-electron chi connectivity index (χ1n) is 7.59. The lowest BCUT2D eigenvalue weighted by molar-refractivity contribution is 0.128. The SMILES string of the molecule is Cc1ccc(C(C(C)N)N(Cc2cccs2)C(C)C)cc1. The summed E-state index contributed by atoms with van der Waals surface area (Å²) in [6, 6.07) is 13.9. The van der Waals surface area contributed by atoms with Gasteiger partial charge in [-0.25, -0.2) is 0 Å². The third-order valence-corrected chi connectivity index (χ3v) is 4.72. The molecule has 0 spiro atoms. The Bertz CT molecular complexity index is 529. The predicted octanol–water partition coefficient (Wildman–Crippen LogP) is 4.36. The molecule has 0 amide bonds. The molecule has 0 aliphatic heterocycles. The van der Waals surface area contributed by atoms with Crippen molar-refractivity contribution < 1.29 is 0 Å². The Hall–Kier alpha value is -1.16. The molecule has 1 aromatic heterocycles. The average molecular weight is 302 g/mol. The fraction of sp³-hybridized carbons (Fsp3) is 0.444. The highest BCUT2D eigenvalue weighted by molar-refractivity contribution is 7.09. The molecule has 21 heavy (non-hydrogen) atoms. The van der Waals surface area contributed by atoms with Crippen molar-refractivity contribution in [1.82, 2.24) is 4.90 Å². The predicted molar refractivity (Wildman–Crippen MR) is 92.6 cm³/mol. The zero-order valence-corrected chi connectivity index (χ0v) is 14.2. The first-order valence-corrected chi connectivity index (χ1v) is 8.47. The highest BCUT2D eigenvalue weighted by atomic mass is 32.1. The van der Waals surface area contributed by atoms with Gasteiger partial charge in [-0.1, -0.05) is 35.9 Å². The normalized spacial score (nSPS) is 14.6. The van der Waals surface area contributed by atoms with Gasteiger partial charge in [0, 0.05) is 23.5 Å². The van der Waals surface area contributed by atoms with E-state index in [4.69, 9.17) is 5.73 Å². The number of benzene rings is 1. The van der Waals surface area contributed by atoms with Crippen LogP contribution in [0.1, 0.15) is 42.8 Å². The zero-order valence-electron chi connectivity index (χ0n) is 13.4. The molecule has 3 heteroatoms. The molecule has 2 nitrogen and oxygen atoms in total. The van der Waals surface area contributed by atoms with Gasteiger partial charge in [-0.05, 0) is 44.7 Å². The minimum Gasteiger partial charge on any atom is -0.326 e. The van der Waals surface area contributed by atoms with Crippen molar-refractivity contribution in [2.45, 2.75) is 52.4 Å². The molecule has 0 saturated heterocycles. The van der Waals surface area contributed by atoms with Crippen molar-refractivity contribution in [2.24, 2.45) is 5.73 Å². The standard InChI is InChI=1S/C18H26N2S/c1-13(2)20(12-17-6-5-11-21-17)18(15(4)19)16-9-7-14(3)8-10-16/h5-11,13,15,18H,12,19H2,1-4H3. The molecule has 2 aromatic rings. The van der Waals surface area contributed by atoms with E-state index in [0.29, 0.717) is 6.04 Å². The summed E-state index contributed by atoms with van der Waals surface area (Å²) < 4.78 is 0. The second-order valence-corrected chi connectivity index (χ2v) is 7.09.